The van der Waals surface area contributed by atoms with Gasteiger partial charge in [0.25, 0.3) is 0 Å². The molecule has 3 aliphatic heterocycles. The van der Waals surface area contributed by atoms with E-state index in [4.69, 9.17) is 5.26 Å². The molecule has 7 N–H and O–H groups in total. The SMILES string of the molecule is CN(C1=C2C=CNC2NC(=O)N1)C1(O)C(C)(O)CCN(C(=O)CC#N)C1(O)O. The van der Waals surface area contributed by atoms with Gasteiger partial charge in [-0.25, -0.2) is 4.79 Å². The first-order chi connectivity index (χ1) is 13.0. The van der Waals surface area contributed by atoms with Gasteiger partial charge < -0.3 is 36.0 Å². The zero-order valence-electron chi connectivity index (χ0n) is 15.3. The number of nitriles is 1. The van der Waals surface area contributed by atoms with Crippen molar-refractivity contribution in [1.82, 2.24) is 25.8 Å². The molecule has 0 aromatic rings. The summed E-state index contributed by atoms with van der Waals surface area (Å²) in [7, 11) is 1.24. The van der Waals surface area contributed by atoms with Crippen molar-refractivity contribution in [2.75, 3.05) is 13.6 Å². The molecule has 3 rings (SSSR count). The molecule has 1 fully saturated rings. The van der Waals surface area contributed by atoms with E-state index in [0.29, 0.717) is 10.5 Å². The normalized spacial score (nSPS) is 33.4. The second kappa shape index (κ2) is 6.35. The highest BCUT2D eigenvalue weighted by Gasteiger charge is 2.69. The quantitative estimate of drug-likeness (QED) is 0.247. The number of hydrogen-bond acceptors (Lipinski definition) is 9. The fraction of sp³-hybridized carbons (Fsp3) is 0.562. The molecule has 152 valence electrons. The Kier molecular flexibility index (Phi) is 4.51. The second-order valence-corrected chi connectivity index (χ2v) is 7.11. The fourth-order valence-corrected chi connectivity index (χ4v) is 3.80. The Morgan fingerprint density at radius 1 is 1.43 bits per heavy atom. The summed E-state index contributed by atoms with van der Waals surface area (Å²) in [5.74, 6) is -4.20. The number of nitrogens with one attached hydrogen (secondary N) is 3. The third-order valence-electron chi connectivity index (χ3n) is 5.39. The van der Waals surface area contributed by atoms with Gasteiger partial charge in [0.1, 0.15) is 24.0 Å². The highest BCUT2D eigenvalue weighted by Crippen LogP contribution is 2.44. The van der Waals surface area contributed by atoms with Gasteiger partial charge in [-0.3, -0.25) is 15.0 Å². The molecule has 0 aliphatic carbocycles. The van der Waals surface area contributed by atoms with Crippen LogP contribution in [0.25, 0.3) is 0 Å². The van der Waals surface area contributed by atoms with E-state index in [0.717, 1.165) is 4.90 Å². The van der Waals surface area contributed by atoms with Crippen molar-refractivity contribution in [2.24, 2.45) is 0 Å². The molecule has 0 spiro atoms. The zero-order valence-corrected chi connectivity index (χ0v) is 15.3. The van der Waals surface area contributed by atoms with E-state index in [1.165, 1.54) is 14.0 Å². The molecule has 0 bridgehead atoms. The van der Waals surface area contributed by atoms with Crippen molar-refractivity contribution in [3.8, 4) is 6.07 Å². The van der Waals surface area contributed by atoms with Gasteiger partial charge in [0.15, 0.2) is 0 Å². The summed E-state index contributed by atoms with van der Waals surface area (Å²) in [5.41, 5.74) is -4.50. The van der Waals surface area contributed by atoms with Crippen LogP contribution in [-0.4, -0.2) is 79.2 Å². The Morgan fingerprint density at radius 3 is 2.75 bits per heavy atom. The summed E-state index contributed by atoms with van der Waals surface area (Å²) in [6.45, 7) is 0.881. The summed E-state index contributed by atoms with van der Waals surface area (Å²) in [4.78, 5) is 25.6. The number of amides is 3. The molecule has 12 heteroatoms. The maximum Gasteiger partial charge on any atom is 0.322 e. The van der Waals surface area contributed by atoms with Crippen LogP contribution in [0.5, 0.6) is 0 Å². The second-order valence-electron chi connectivity index (χ2n) is 7.11. The van der Waals surface area contributed by atoms with Crippen LogP contribution in [0.1, 0.15) is 19.8 Å². The van der Waals surface area contributed by atoms with Gasteiger partial charge in [0.05, 0.1) is 6.07 Å². The number of likely N-dealkylation sites (tertiary alicyclic amines) is 1. The standard InChI is InChI=1S/C16H22N6O6/c1-14(25)5-8-22(10(23)3-6-17)16(27,28)15(14,26)21(2)12-9-4-7-18-11(9)19-13(24)20-12/h4,7,11,18,25-28H,3,5,8H2,1-2H3,(H2,19,20,24). The summed E-state index contributed by atoms with van der Waals surface area (Å²) in [6, 6.07) is 0.996. The summed E-state index contributed by atoms with van der Waals surface area (Å²) >= 11 is 0. The molecule has 0 aromatic carbocycles. The van der Waals surface area contributed by atoms with E-state index in [-0.39, 0.29) is 18.8 Å². The van der Waals surface area contributed by atoms with Crippen LogP contribution in [0, 0.1) is 11.3 Å². The molecule has 3 aliphatic rings. The highest BCUT2D eigenvalue weighted by molar-refractivity contribution is 5.80. The van der Waals surface area contributed by atoms with Crippen LogP contribution < -0.4 is 16.0 Å². The number of urea groups is 1. The van der Waals surface area contributed by atoms with Crippen molar-refractivity contribution in [1.29, 1.82) is 5.26 Å². The van der Waals surface area contributed by atoms with E-state index in [1.807, 2.05) is 0 Å². The van der Waals surface area contributed by atoms with E-state index >= 15 is 0 Å². The Balaban J connectivity index is 2.10. The van der Waals surface area contributed by atoms with Crippen molar-refractivity contribution in [3.05, 3.63) is 23.7 Å². The van der Waals surface area contributed by atoms with Crippen molar-refractivity contribution >= 4 is 11.9 Å². The minimum atomic E-state index is -3.27. The lowest BCUT2D eigenvalue weighted by Gasteiger charge is -2.59. The number of piperidine rings is 1. The van der Waals surface area contributed by atoms with E-state index in [9.17, 15) is 30.0 Å². The molecule has 1 saturated heterocycles. The van der Waals surface area contributed by atoms with Gasteiger partial charge in [0, 0.05) is 19.2 Å². The fourth-order valence-electron chi connectivity index (χ4n) is 3.80. The first-order valence-corrected chi connectivity index (χ1v) is 8.52. The van der Waals surface area contributed by atoms with Crippen LogP contribution in [0.4, 0.5) is 4.79 Å². The lowest BCUT2D eigenvalue weighted by Crippen LogP contribution is -2.83. The molecule has 3 atom stereocenters. The molecular weight excluding hydrogens is 372 g/mol. The Labute approximate surface area is 160 Å². The van der Waals surface area contributed by atoms with Gasteiger partial charge in [-0.05, 0) is 25.6 Å². The smallest absolute Gasteiger partial charge is 0.322 e. The number of hydrogen-bond donors (Lipinski definition) is 7. The number of nitrogens with zero attached hydrogens (tertiary/aromatic N) is 3. The Bertz CT molecular complexity index is 815. The first-order valence-electron chi connectivity index (χ1n) is 8.52. The van der Waals surface area contributed by atoms with Gasteiger partial charge in [-0.1, -0.05) is 0 Å². The topological polar surface area (TPSA) is 181 Å². The van der Waals surface area contributed by atoms with Gasteiger partial charge in [-0.15, -0.1) is 0 Å². The third kappa shape index (κ3) is 2.60. The van der Waals surface area contributed by atoms with Gasteiger partial charge in [0.2, 0.25) is 11.6 Å². The molecule has 3 heterocycles. The van der Waals surface area contributed by atoms with Crippen molar-refractivity contribution in [2.45, 2.75) is 43.2 Å². The van der Waals surface area contributed by atoms with Gasteiger partial charge >= 0.3 is 11.9 Å². The van der Waals surface area contributed by atoms with Crippen LogP contribution in [0.3, 0.4) is 0 Å². The minimum absolute atomic E-state index is 0.000155. The van der Waals surface area contributed by atoms with Crippen molar-refractivity contribution < 1.29 is 30.0 Å². The Morgan fingerprint density at radius 2 is 2.11 bits per heavy atom. The molecular formula is C16H22N6O6. The largest absolute Gasteiger partial charge is 0.385 e. The number of rotatable bonds is 3. The lowest BCUT2D eigenvalue weighted by atomic mass is 9.79. The monoisotopic (exact) mass is 394 g/mol. The zero-order chi connectivity index (χ0) is 20.9. The third-order valence-corrected chi connectivity index (χ3v) is 5.39. The summed E-state index contributed by atoms with van der Waals surface area (Å²) in [5, 5.41) is 60.6. The van der Waals surface area contributed by atoms with E-state index in [2.05, 4.69) is 16.0 Å². The number of likely N-dealkylation sites (N-methyl/N-ethyl adjacent to an activating group) is 1. The predicted molar refractivity (Wildman–Crippen MR) is 91.8 cm³/mol. The molecule has 12 nitrogen and oxygen atoms in total. The molecule has 0 aromatic heterocycles. The van der Waals surface area contributed by atoms with Gasteiger partial charge in [-0.2, -0.15) is 5.26 Å². The first kappa shape index (κ1) is 19.9. The minimum Gasteiger partial charge on any atom is -0.385 e. The lowest BCUT2D eigenvalue weighted by molar-refractivity contribution is -0.426. The summed E-state index contributed by atoms with van der Waals surface area (Å²) < 4.78 is 0. The molecule has 0 radical (unpaired) electrons. The van der Waals surface area contributed by atoms with Crippen LogP contribution >= 0.6 is 0 Å². The number of aliphatic hydroxyl groups is 4. The predicted octanol–water partition coefficient (Wildman–Crippen LogP) is -2.89. The number of carbonyl (C=O) groups excluding carboxylic acids is 2. The van der Waals surface area contributed by atoms with E-state index < -0.39 is 41.8 Å². The number of carbonyl (C=O) groups is 2. The van der Waals surface area contributed by atoms with E-state index in [1.54, 1.807) is 18.3 Å². The van der Waals surface area contributed by atoms with Crippen molar-refractivity contribution in [3.63, 3.8) is 0 Å². The number of fused-ring (bicyclic) bond motifs is 1. The highest BCUT2D eigenvalue weighted by atomic mass is 16.6. The Hall–Kier alpha value is -2.85. The molecule has 3 amide bonds. The average Bonchev–Trinajstić information content (AvgIpc) is 3.06. The summed E-state index contributed by atoms with van der Waals surface area (Å²) in [6.07, 6.45) is 1.66. The molecule has 3 unspecified atom stereocenters. The van der Waals surface area contributed by atoms with Crippen LogP contribution in [0.15, 0.2) is 23.7 Å². The van der Waals surface area contributed by atoms with Crippen LogP contribution in [-0.2, 0) is 4.79 Å². The maximum atomic E-state index is 12.2. The van der Waals surface area contributed by atoms with Crippen LogP contribution in [0.2, 0.25) is 0 Å². The molecule has 28 heavy (non-hydrogen) atoms. The average molecular weight is 394 g/mol. The molecule has 0 saturated carbocycles. The maximum absolute atomic E-state index is 12.2.